The Bertz CT molecular complexity index is 321. The molecule has 0 aliphatic carbocycles. The summed E-state index contributed by atoms with van der Waals surface area (Å²) in [5, 5.41) is 9.03. The second kappa shape index (κ2) is 5.59. The summed E-state index contributed by atoms with van der Waals surface area (Å²) in [5.74, 6) is -1.11. The topological polar surface area (TPSA) is 66.8 Å². The second-order valence-electron chi connectivity index (χ2n) is 5.80. The van der Waals surface area contributed by atoms with Gasteiger partial charge in [0.25, 0.3) is 0 Å². The van der Waals surface area contributed by atoms with Gasteiger partial charge in [0.15, 0.2) is 0 Å². The Morgan fingerprint density at radius 3 is 2.44 bits per heavy atom. The van der Waals surface area contributed by atoms with Crippen molar-refractivity contribution in [2.75, 3.05) is 6.54 Å². The summed E-state index contributed by atoms with van der Waals surface area (Å²) in [5.41, 5.74) is -0.515. The number of carbonyl (C=O) groups is 2. The summed E-state index contributed by atoms with van der Waals surface area (Å²) in [6.07, 6.45) is 1.44. The third-order valence-electron chi connectivity index (χ3n) is 3.16. The van der Waals surface area contributed by atoms with Crippen LogP contribution in [0.1, 0.15) is 47.0 Å². The molecule has 1 N–H and O–H groups in total. The van der Waals surface area contributed by atoms with Crippen molar-refractivity contribution in [1.82, 2.24) is 4.90 Å². The molecule has 0 saturated carbocycles. The smallest absolute Gasteiger partial charge is 0.410 e. The molecule has 1 amide bonds. The van der Waals surface area contributed by atoms with E-state index in [2.05, 4.69) is 0 Å². The van der Waals surface area contributed by atoms with E-state index < -0.39 is 11.6 Å². The van der Waals surface area contributed by atoms with Crippen molar-refractivity contribution >= 4 is 12.1 Å². The Morgan fingerprint density at radius 2 is 2.00 bits per heavy atom. The van der Waals surface area contributed by atoms with Crippen molar-refractivity contribution in [3.05, 3.63) is 0 Å². The quantitative estimate of drug-likeness (QED) is 0.825. The van der Waals surface area contributed by atoms with Gasteiger partial charge in [-0.05, 0) is 40.0 Å². The van der Waals surface area contributed by atoms with Crippen LogP contribution in [0.15, 0.2) is 0 Å². The van der Waals surface area contributed by atoms with Gasteiger partial charge in [-0.15, -0.1) is 0 Å². The third-order valence-corrected chi connectivity index (χ3v) is 3.16. The van der Waals surface area contributed by atoms with E-state index in [1.54, 1.807) is 4.90 Å². The van der Waals surface area contributed by atoms with Gasteiger partial charge in [0, 0.05) is 12.6 Å². The lowest BCUT2D eigenvalue weighted by Crippen LogP contribution is -2.48. The molecule has 104 valence electrons. The Labute approximate surface area is 108 Å². The maximum absolute atomic E-state index is 12.0. The normalized spacial score (nSPS) is 24.8. The minimum Gasteiger partial charge on any atom is -0.481 e. The van der Waals surface area contributed by atoms with E-state index in [4.69, 9.17) is 9.84 Å². The molecule has 0 aromatic rings. The summed E-state index contributed by atoms with van der Waals surface area (Å²) in [6, 6.07) is -0.0327. The van der Waals surface area contributed by atoms with Crippen molar-refractivity contribution in [3.63, 3.8) is 0 Å². The fourth-order valence-corrected chi connectivity index (χ4v) is 2.22. The van der Waals surface area contributed by atoms with Crippen LogP contribution in [-0.2, 0) is 9.53 Å². The molecular weight excluding hydrogens is 234 g/mol. The summed E-state index contributed by atoms with van der Waals surface area (Å²) in [7, 11) is 0. The van der Waals surface area contributed by atoms with Crippen LogP contribution >= 0.6 is 0 Å². The van der Waals surface area contributed by atoms with Crippen molar-refractivity contribution < 1.29 is 19.4 Å². The molecule has 1 aliphatic rings. The predicted molar refractivity (Wildman–Crippen MR) is 67.4 cm³/mol. The molecule has 2 atom stereocenters. The van der Waals surface area contributed by atoms with Gasteiger partial charge in [-0.25, -0.2) is 4.79 Å². The van der Waals surface area contributed by atoms with Crippen molar-refractivity contribution in [1.29, 1.82) is 0 Å². The highest BCUT2D eigenvalue weighted by atomic mass is 16.6. The maximum atomic E-state index is 12.0. The Morgan fingerprint density at radius 1 is 1.39 bits per heavy atom. The summed E-state index contributed by atoms with van der Waals surface area (Å²) in [6.45, 7) is 7.91. The molecule has 0 unspecified atom stereocenters. The number of likely N-dealkylation sites (tertiary alicyclic amines) is 1. The van der Waals surface area contributed by atoms with Crippen LogP contribution in [0.5, 0.6) is 0 Å². The molecule has 5 heteroatoms. The van der Waals surface area contributed by atoms with Gasteiger partial charge in [0.1, 0.15) is 5.60 Å². The number of carboxylic acid groups (broad SMARTS) is 1. The van der Waals surface area contributed by atoms with E-state index in [9.17, 15) is 9.59 Å². The standard InChI is InChI=1S/C13H23NO4/c1-5-10-8-9(11(15)16)6-7-14(10)12(17)18-13(2,3)4/h9-10H,5-8H2,1-4H3,(H,15,16)/t9-,10+/m0/s1. The van der Waals surface area contributed by atoms with Crippen LogP contribution in [0, 0.1) is 5.92 Å². The molecular formula is C13H23NO4. The Balaban J connectivity index is 2.67. The average molecular weight is 257 g/mol. The van der Waals surface area contributed by atoms with E-state index in [-0.39, 0.29) is 18.1 Å². The second-order valence-corrected chi connectivity index (χ2v) is 5.80. The molecule has 0 aromatic carbocycles. The number of rotatable bonds is 2. The van der Waals surface area contributed by atoms with Crippen LogP contribution in [0.3, 0.4) is 0 Å². The Kier molecular flexibility index (Phi) is 4.59. The number of aliphatic carboxylic acids is 1. The number of hydrogen-bond donors (Lipinski definition) is 1. The number of carboxylic acids is 1. The van der Waals surface area contributed by atoms with Crippen LogP contribution in [0.4, 0.5) is 4.79 Å². The van der Waals surface area contributed by atoms with Crippen LogP contribution in [0.2, 0.25) is 0 Å². The number of carbonyl (C=O) groups excluding carboxylic acids is 1. The first-order valence-corrected chi connectivity index (χ1v) is 6.47. The first-order chi connectivity index (χ1) is 8.24. The highest BCUT2D eigenvalue weighted by Gasteiger charge is 2.35. The molecule has 1 rings (SSSR count). The summed E-state index contributed by atoms with van der Waals surface area (Å²) < 4.78 is 5.34. The van der Waals surface area contributed by atoms with Gasteiger partial charge in [0.2, 0.25) is 0 Å². The number of piperidine rings is 1. The minimum absolute atomic E-state index is 0.0327. The monoisotopic (exact) mass is 257 g/mol. The Hall–Kier alpha value is -1.26. The van der Waals surface area contributed by atoms with E-state index in [1.807, 2.05) is 27.7 Å². The van der Waals surface area contributed by atoms with Crippen LogP contribution in [0.25, 0.3) is 0 Å². The predicted octanol–water partition coefficient (Wildman–Crippen LogP) is 2.50. The van der Waals surface area contributed by atoms with Crippen molar-refractivity contribution in [2.45, 2.75) is 58.6 Å². The molecule has 0 bridgehead atoms. The zero-order valence-corrected chi connectivity index (χ0v) is 11.6. The SMILES string of the molecule is CC[C@@H]1C[C@@H](C(=O)O)CCN1C(=O)OC(C)(C)C. The molecule has 1 saturated heterocycles. The number of amides is 1. The highest BCUT2D eigenvalue weighted by molar-refractivity contribution is 5.72. The summed E-state index contributed by atoms with van der Waals surface area (Å²) >= 11 is 0. The lowest BCUT2D eigenvalue weighted by molar-refractivity contribution is -0.144. The molecule has 1 heterocycles. The van der Waals surface area contributed by atoms with Crippen LogP contribution in [-0.4, -0.2) is 40.3 Å². The fourth-order valence-electron chi connectivity index (χ4n) is 2.22. The van der Waals surface area contributed by atoms with Crippen molar-refractivity contribution in [2.24, 2.45) is 5.92 Å². The lowest BCUT2D eigenvalue weighted by atomic mass is 9.90. The van der Waals surface area contributed by atoms with Crippen molar-refractivity contribution in [3.8, 4) is 0 Å². The number of nitrogens with zero attached hydrogens (tertiary/aromatic N) is 1. The molecule has 0 radical (unpaired) electrons. The first-order valence-electron chi connectivity index (χ1n) is 6.47. The van der Waals surface area contributed by atoms with Gasteiger partial charge < -0.3 is 14.7 Å². The van der Waals surface area contributed by atoms with Gasteiger partial charge in [-0.3, -0.25) is 4.79 Å². The van der Waals surface area contributed by atoms with E-state index >= 15 is 0 Å². The first kappa shape index (κ1) is 14.8. The molecule has 0 aromatic heterocycles. The average Bonchev–Trinajstić information content (AvgIpc) is 2.25. The number of ether oxygens (including phenoxy) is 1. The highest BCUT2D eigenvalue weighted by Crippen LogP contribution is 2.26. The molecule has 0 spiro atoms. The van der Waals surface area contributed by atoms with Gasteiger partial charge in [-0.1, -0.05) is 6.92 Å². The molecule has 1 fully saturated rings. The fraction of sp³-hybridized carbons (Fsp3) is 0.846. The van der Waals surface area contributed by atoms with Gasteiger partial charge >= 0.3 is 12.1 Å². The van der Waals surface area contributed by atoms with Gasteiger partial charge in [0.05, 0.1) is 5.92 Å². The largest absolute Gasteiger partial charge is 0.481 e. The molecule has 5 nitrogen and oxygen atoms in total. The van der Waals surface area contributed by atoms with Gasteiger partial charge in [-0.2, -0.15) is 0 Å². The minimum atomic E-state index is -0.766. The zero-order valence-electron chi connectivity index (χ0n) is 11.6. The molecule has 18 heavy (non-hydrogen) atoms. The zero-order chi connectivity index (χ0) is 13.9. The third kappa shape index (κ3) is 3.89. The van der Waals surface area contributed by atoms with E-state index in [0.717, 1.165) is 6.42 Å². The number of hydrogen-bond acceptors (Lipinski definition) is 3. The maximum Gasteiger partial charge on any atom is 0.410 e. The van der Waals surface area contributed by atoms with Crippen LogP contribution < -0.4 is 0 Å². The van der Waals surface area contributed by atoms with E-state index in [0.29, 0.717) is 19.4 Å². The van der Waals surface area contributed by atoms with E-state index in [1.165, 1.54) is 0 Å². The summed E-state index contributed by atoms with van der Waals surface area (Å²) in [4.78, 5) is 24.7. The lowest BCUT2D eigenvalue weighted by Gasteiger charge is -2.38. The molecule has 1 aliphatic heterocycles.